The third kappa shape index (κ3) is 3.72. The zero-order valence-electron chi connectivity index (χ0n) is 13.3. The van der Waals surface area contributed by atoms with Gasteiger partial charge in [0.25, 0.3) is 0 Å². The van der Waals surface area contributed by atoms with Crippen LogP contribution in [0.5, 0.6) is 0 Å². The highest BCUT2D eigenvalue weighted by Crippen LogP contribution is 2.21. The Morgan fingerprint density at radius 2 is 1.76 bits per heavy atom. The van der Waals surface area contributed by atoms with E-state index in [1.807, 2.05) is 14.0 Å². The van der Waals surface area contributed by atoms with Gasteiger partial charge in [0.15, 0.2) is 0 Å². The molecule has 0 aliphatic carbocycles. The highest BCUT2D eigenvalue weighted by Gasteiger charge is 2.09. The zero-order chi connectivity index (χ0) is 15.2. The fourth-order valence-corrected chi connectivity index (χ4v) is 2.30. The van der Waals surface area contributed by atoms with Crippen molar-refractivity contribution in [3.8, 4) is 0 Å². The molecule has 0 bridgehead atoms. The quantitative estimate of drug-likeness (QED) is 0.849. The van der Waals surface area contributed by atoms with Gasteiger partial charge in [-0.05, 0) is 31.4 Å². The van der Waals surface area contributed by atoms with E-state index in [1.165, 1.54) is 11.1 Å². The number of anilines is 2. The van der Waals surface area contributed by atoms with Crippen LogP contribution in [0.1, 0.15) is 35.9 Å². The van der Waals surface area contributed by atoms with E-state index in [-0.39, 0.29) is 0 Å². The monoisotopic (exact) mass is 284 g/mol. The minimum Gasteiger partial charge on any atom is -0.373 e. The number of aryl methyl sites for hydroxylation is 2. The molecule has 0 radical (unpaired) electrons. The number of rotatable bonds is 6. The largest absolute Gasteiger partial charge is 0.373 e. The Hall–Kier alpha value is -2.10. The van der Waals surface area contributed by atoms with Gasteiger partial charge in [0.05, 0.1) is 0 Å². The first-order chi connectivity index (χ1) is 10.2. The summed E-state index contributed by atoms with van der Waals surface area (Å²) in [6.07, 6.45) is 1.94. The summed E-state index contributed by atoms with van der Waals surface area (Å²) in [6, 6.07) is 8.40. The van der Waals surface area contributed by atoms with Crippen molar-refractivity contribution in [1.82, 2.24) is 9.97 Å². The highest BCUT2D eigenvalue weighted by molar-refractivity contribution is 5.57. The lowest BCUT2D eigenvalue weighted by molar-refractivity contribution is 0.831. The molecule has 1 aromatic carbocycles. The van der Waals surface area contributed by atoms with Crippen molar-refractivity contribution < 1.29 is 0 Å². The molecule has 0 unspecified atom stereocenters. The average Bonchev–Trinajstić information content (AvgIpc) is 2.49. The molecule has 0 aliphatic heterocycles. The van der Waals surface area contributed by atoms with E-state index in [2.05, 4.69) is 58.7 Å². The van der Waals surface area contributed by atoms with E-state index >= 15 is 0 Å². The molecule has 2 aromatic rings. The van der Waals surface area contributed by atoms with Crippen molar-refractivity contribution in [2.45, 2.75) is 40.2 Å². The van der Waals surface area contributed by atoms with Crippen molar-refractivity contribution in [3.63, 3.8) is 0 Å². The number of hydrogen-bond acceptors (Lipinski definition) is 4. The standard InChI is InChI=1S/C17H24N4/c1-5-8-15-20-16(18-4)13(3)17(21-15)19-11-14-10-7-6-9-12(14)2/h6-7,9-10H,5,8,11H2,1-4H3,(H2,18,19,20,21). The van der Waals surface area contributed by atoms with Gasteiger partial charge in [0.2, 0.25) is 0 Å². The van der Waals surface area contributed by atoms with Gasteiger partial charge in [-0.15, -0.1) is 0 Å². The van der Waals surface area contributed by atoms with E-state index in [0.717, 1.165) is 42.4 Å². The summed E-state index contributed by atoms with van der Waals surface area (Å²) in [5, 5.41) is 6.61. The molecular weight excluding hydrogens is 260 g/mol. The Kier molecular flexibility index (Phi) is 5.14. The molecule has 0 atom stereocenters. The van der Waals surface area contributed by atoms with Crippen molar-refractivity contribution in [1.29, 1.82) is 0 Å². The normalized spacial score (nSPS) is 10.5. The van der Waals surface area contributed by atoms with E-state index in [0.29, 0.717) is 0 Å². The van der Waals surface area contributed by atoms with Gasteiger partial charge in [0, 0.05) is 25.6 Å². The van der Waals surface area contributed by atoms with Crippen molar-refractivity contribution in [2.24, 2.45) is 0 Å². The summed E-state index contributed by atoms with van der Waals surface area (Å²) in [4.78, 5) is 9.20. The first-order valence-corrected chi connectivity index (χ1v) is 7.49. The Morgan fingerprint density at radius 3 is 2.43 bits per heavy atom. The minimum atomic E-state index is 0.777. The molecule has 0 saturated heterocycles. The fourth-order valence-electron chi connectivity index (χ4n) is 2.30. The predicted molar refractivity (Wildman–Crippen MR) is 88.8 cm³/mol. The molecule has 112 valence electrons. The summed E-state index contributed by atoms with van der Waals surface area (Å²) >= 11 is 0. The average molecular weight is 284 g/mol. The summed E-state index contributed by atoms with van der Waals surface area (Å²) in [5.74, 6) is 2.71. The van der Waals surface area contributed by atoms with Crippen LogP contribution in [0.15, 0.2) is 24.3 Å². The Bertz CT molecular complexity index is 608. The van der Waals surface area contributed by atoms with Crippen LogP contribution in [0.2, 0.25) is 0 Å². The minimum absolute atomic E-state index is 0.777. The van der Waals surface area contributed by atoms with Gasteiger partial charge in [-0.3, -0.25) is 0 Å². The lowest BCUT2D eigenvalue weighted by Crippen LogP contribution is -2.10. The molecule has 2 N–H and O–H groups in total. The maximum atomic E-state index is 4.65. The number of nitrogens with zero attached hydrogens (tertiary/aromatic N) is 2. The fraction of sp³-hybridized carbons (Fsp3) is 0.412. The first-order valence-electron chi connectivity index (χ1n) is 7.49. The van der Waals surface area contributed by atoms with Crippen LogP contribution in [0.3, 0.4) is 0 Å². The molecule has 0 amide bonds. The van der Waals surface area contributed by atoms with E-state index in [9.17, 15) is 0 Å². The van der Waals surface area contributed by atoms with E-state index in [4.69, 9.17) is 0 Å². The van der Waals surface area contributed by atoms with Crippen molar-refractivity contribution >= 4 is 11.6 Å². The van der Waals surface area contributed by atoms with Crippen LogP contribution in [0, 0.1) is 13.8 Å². The third-order valence-electron chi connectivity index (χ3n) is 3.61. The Morgan fingerprint density at radius 1 is 1.05 bits per heavy atom. The summed E-state index contributed by atoms with van der Waals surface area (Å²) in [5.41, 5.74) is 3.64. The van der Waals surface area contributed by atoms with Crippen LogP contribution in [0.25, 0.3) is 0 Å². The summed E-state index contributed by atoms with van der Waals surface area (Å²) in [7, 11) is 1.90. The number of benzene rings is 1. The van der Waals surface area contributed by atoms with Crippen LogP contribution >= 0.6 is 0 Å². The second kappa shape index (κ2) is 7.07. The van der Waals surface area contributed by atoms with Crippen LogP contribution < -0.4 is 10.6 Å². The molecule has 0 saturated carbocycles. The second-order valence-electron chi connectivity index (χ2n) is 5.24. The Balaban J connectivity index is 2.22. The molecule has 4 heteroatoms. The van der Waals surface area contributed by atoms with Crippen molar-refractivity contribution in [2.75, 3.05) is 17.7 Å². The van der Waals surface area contributed by atoms with Gasteiger partial charge in [-0.1, -0.05) is 31.2 Å². The number of aromatic nitrogens is 2. The lowest BCUT2D eigenvalue weighted by Gasteiger charge is -2.14. The molecule has 1 aromatic heterocycles. The molecule has 1 heterocycles. The zero-order valence-corrected chi connectivity index (χ0v) is 13.3. The molecular formula is C17H24N4. The molecule has 21 heavy (non-hydrogen) atoms. The van der Waals surface area contributed by atoms with E-state index in [1.54, 1.807) is 0 Å². The van der Waals surface area contributed by atoms with Crippen LogP contribution in [0.4, 0.5) is 11.6 Å². The Labute approximate surface area is 127 Å². The molecule has 2 rings (SSSR count). The van der Waals surface area contributed by atoms with Crippen molar-refractivity contribution in [3.05, 3.63) is 46.8 Å². The van der Waals surface area contributed by atoms with Gasteiger partial charge in [-0.25, -0.2) is 9.97 Å². The predicted octanol–water partition coefficient (Wildman–Crippen LogP) is 3.70. The highest BCUT2D eigenvalue weighted by atomic mass is 15.1. The number of nitrogens with one attached hydrogen (secondary N) is 2. The van der Waals surface area contributed by atoms with Crippen LogP contribution in [-0.2, 0) is 13.0 Å². The van der Waals surface area contributed by atoms with Gasteiger partial charge < -0.3 is 10.6 Å². The van der Waals surface area contributed by atoms with Gasteiger partial charge in [-0.2, -0.15) is 0 Å². The second-order valence-corrected chi connectivity index (χ2v) is 5.24. The summed E-state index contributed by atoms with van der Waals surface area (Å²) in [6.45, 7) is 7.09. The maximum Gasteiger partial charge on any atom is 0.135 e. The van der Waals surface area contributed by atoms with Crippen LogP contribution in [-0.4, -0.2) is 17.0 Å². The SMILES string of the molecule is CCCc1nc(NC)c(C)c(NCc2ccccc2C)n1. The number of hydrogen-bond donors (Lipinski definition) is 2. The maximum absolute atomic E-state index is 4.65. The molecule has 0 spiro atoms. The molecule has 0 aliphatic rings. The topological polar surface area (TPSA) is 49.8 Å². The molecule has 0 fully saturated rings. The first kappa shape index (κ1) is 15.3. The van der Waals surface area contributed by atoms with Gasteiger partial charge in [0.1, 0.15) is 17.5 Å². The van der Waals surface area contributed by atoms with Gasteiger partial charge >= 0.3 is 0 Å². The lowest BCUT2D eigenvalue weighted by atomic mass is 10.1. The molecule has 4 nitrogen and oxygen atoms in total. The van der Waals surface area contributed by atoms with E-state index < -0.39 is 0 Å². The summed E-state index contributed by atoms with van der Waals surface area (Å²) < 4.78 is 0. The third-order valence-corrected chi connectivity index (χ3v) is 3.61. The smallest absolute Gasteiger partial charge is 0.135 e.